The molecular formula is C13H23N3S. The zero-order valence-electron chi connectivity index (χ0n) is 10.8. The van der Waals surface area contributed by atoms with Gasteiger partial charge in [0.1, 0.15) is 0 Å². The van der Waals surface area contributed by atoms with Crippen molar-refractivity contribution in [3.63, 3.8) is 0 Å². The second-order valence-corrected chi connectivity index (χ2v) is 6.08. The lowest BCUT2D eigenvalue weighted by Crippen LogP contribution is -2.44. The van der Waals surface area contributed by atoms with Crippen LogP contribution in [0.15, 0.2) is 11.4 Å². The number of anilines is 1. The van der Waals surface area contributed by atoms with Crippen LogP contribution in [0.3, 0.4) is 0 Å². The van der Waals surface area contributed by atoms with E-state index >= 15 is 0 Å². The Balaban J connectivity index is 1.74. The smallest absolute Gasteiger partial charge is 0.0468 e. The number of hydrogen-bond donors (Lipinski definition) is 2. The third-order valence-corrected chi connectivity index (χ3v) is 4.53. The standard InChI is InChI=1S/C13H23N3S/c1-10(2)16-6-3-11(4-7-16)15-9-13-12(14)5-8-17-13/h5,8,10-11,15H,3-4,6-7,9,14H2,1-2H3. The maximum absolute atomic E-state index is 5.88. The number of likely N-dealkylation sites (tertiary alicyclic amines) is 1. The van der Waals surface area contributed by atoms with Gasteiger partial charge in [0.25, 0.3) is 0 Å². The molecule has 1 aromatic rings. The highest BCUT2D eigenvalue weighted by atomic mass is 32.1. The fraction of sp³-hybridized carbons (Fsp3) is 0.692. The largest absolute Gasteiger partial charge is 0.398 e. The molecule has 0 radical (unpaired) electrons. The first-order valence-electron chi connectivity index (χ1n) is 6.46. The van der Waals surface area contributed by atoms with E-state index in [2.05, 4.69) is 29.4 Å². The van der Waals surface area contributed by atoms with Gasteiger partial charge in [-0.15, -0.1) is 11.3 Å². The lowest BCUT2D eigenvalue weighted by Gasteiger charge is -2.35. The van der Waals surface area contributed by atoms with Gasteiger partial charge in [-0.3, -0.25) is 0 Å². The first kappa shape index (κ1) is 12.9. The Bertz CT molecular complexity index is 340. The van der Waals surface area contributed by atoms with Crippen LogP contribution in [-0.4, -0.2) is 30.1 Å². The van der Waals surface area contributed by atoms with Crippen LogP contribution in [0.1, 0.15) is 31.6 Å². The average Bonchev–Trinajstić information content (AvgIpc) is 2.73. The number of nitrogens with one attached hydrogen (secondary N) is 1. The van der Waals surface area contributed by atoms with Crippen LogP contribution in [0.4, 0.5) is 5.69 Å². The molecule has 0 aromatic carbocycles. The Morgan fingerprint density at radius 3 is 2.71 bits per heavy atom. The Labute approximate surface area is 108 Å². The number of nitrogens with zero attached hydrogens (tertiary/aromatic N) is 1. The first-order valence-corrected chi connectivity index (χ1v) is 7.34. The van der Waals surface area contributed by atoms with Crippen LogP contribution >= 0.6 is 11.3 Å². The SMILES string of the molecule is CC(C)N1CCC(NCc2sccc2N)CC1. The average molecular weight is 253 g/mol. The third-order valence-electron chi connectivity index (χ3n) is 3.59. The maximum Gasteiger partial charge on any atom is 0.0468 e. The van der Waals surface area contributed by atoms with Crippen molar-refractivity contribution in [3.05, 3.63) is 16.3 Å². The van der Waals surface area contributed by atoms with Crippen molar-refractivity contribution < 1.29 is 0 Å². The van der Waals surface area contributed by atoms with Crippen molar-refractivity contribution in [1.29, 1.82) is 0 Å². The molecule has 0 amide bonds. The number of hydrogen-bond acceptors (Lipinski definition) is 4. The van der Waals surface area contributed by atoms with Gasteiger partial charge in [-0.25, -0.2) is 0 Å². The van der Waals surface area contributed by atoms with Crippen molar-refractivity contribution in [1.82, 2.24) is 10.2 Å². The molecule has 1 saturated heterocycles. The van der Waals surface area contributed by atoms with Gasteiger partial charge in [-0.1, -0.05) is 0 Å². The van der Waals surface area contributed by atoms with Crippen molar-refractivity contribution in [2.45, 2.75) is 45.3 Å². The summed E-state index contributed by atoms with van der Waals surface area (Å²) in [6.07, 6.45) is 2.51. The molecule has 0 unspecified atom stereocenters. The minimum atomic E-state index is 0.659. The molecule has 2 heterocycles. The van der Waals surface area contributed by atoms with E-state index in [9.17, 15) is 0 Å². The summed E-state index contributed by atoms with van der Waals surface area (Å²) in [7, 11) is 0. The molecule has 0 atom stereocenters. The molecule has 1 aromatic heterocycles. The van der Waals surface area contributed by atoms with Gasteiger partial charge in [0.2, 0.25) is 0 Å². The number of nitrogen functional groups attached to an aromatic ring is 1. The summed E-state index contributed by atoms with van der Waals surface area (Å²) in [6, 6.07) is 3.33. The monoisotopic (exact) mass is 253 g/mol. The molecule has 1 aliphatic rings. The second-order valence-electron chi connectivity index (χ2n) is 5.08. The molecule has 1 aliphatic heterocycles. The Morgan fingerprint density at radius 2 is 2.18 bits per heavy atom. The summed E-state index contributed by atoms with van der Waals surface area (Å²) in [5.41, 5.74) is 6.81. The van der Waals surface area contributed by atoms with Gasteiger partial charge in [-0.2, -0.15) is 0 Å². The highest BCUT2D eigenvalue weighted by molar-refractivity contribution is 7.10. The van der Waals surface area contributed by atoms with Crippen molar-refractivity contribution in [3.8, 4) is 0 Å². The van der Waals surface area contributed by atoms with Crippen LogP contribution in [0.25, 0.3) is 0 Å². The van der Waals surface area contributed by atoms with Crippen molar-refractivity contribution >= 4 is 17.0 Å². The van der Waals surface area contributed by atoms with E-state index in [1.165, 1.54) is 30.8 Å². The molecule has 4 heteroatoms. The fourth-order valence-corrected chi connectivity index (χ4v) is 3.10. The molecule has 17 heavy (non-hydrogen) atoms. The lowest BCUT2D eigenvalue weighted by molar-refractivity contribution is 0.161. The molecule has 0 spiro atoms. The second kappa shape index (κ2) is 5.85. The molecule has 1 fully saturated rings. The zero-order valence-corrected chi connectivity index (χ0v) is 11.6. The predicted octanol–water partition coefficient (Wildman–Crippen LogP) is 2.29. The third kappa shape index (κ3) is 3.44. The van der Waals surface area contributed by atoms with Crippen LogP contribution < -0.4 is 11.1 Å². The van der Waals surface area contributed by atoms with Crippen LogP contribution in [0.2, 0.25) is 0 Å². The molecule has 3 nitrogen and oxygen atoms in total. The van der Waals surface area contributed by atoms with E-state index in [-0.39, 0.29) is 0 Å². The zero-order chi connectivity index (χ0) is 12.3. The number of thiophene rings is 1. The van der Waals surface area contributed by atoms with E-state index < -0.39 is 0 Å². The van der Waals surface area contributed by atoms with Gasteiger partial charge in [0.15, 0.2) is 0 Å². The van der Waals surface area contributed by atoms with E-state index in [4.69, 9.17) is 5.73 Å². The Kier molecular flexibility index (Phi) is 4.42. The fourth-order valence-electron chi connectivity index (χ4n) is 2.35. The summed E-state index contributed by atoms with van der Waals surface area (Å²) in [6.45, 7) is 7.92. The number of rotatable bonds is 4. The van der Waals surface area contributed by atoms with Crippen LogP contribution in [0, 0.1) is 0 Å². The van der Waals surface area contributed by atoms with E-state index in [1.807, 2.05) is 6.07 Å². The molecule has 96 valence electrons. The van der Waals surface area contributed by atoms with Gasteiger partial charge >= 0.3 is 0 Å². The quantitative estimate of drug-likeness (QED) is 0.865. The molecular weight excluding hydrogens is 230 g/mol. The van der Waals surface area contributed by atoms with Gasteiger partial charge in [0.05, 0.1) is 0 Å². The number of nitrogens with two attached hydrogens (primary N) is 1. The summed E-state index contributed by atoms with van der Waals surface area (Å²) in [4.78, 5) is 3.83. The van der Waals surface area contributed by atoms with Crippen LogP contribution in [-0.2, 0) is 6.54 Å². The molecule has 0 bridgehead atoms. The summed E-state index contributed by atoms with van der Waals surface area (Å²) >= 11 is 1.75. The van der Waals surface area contributed by atoms with Gasteiger partial charge < -0.3 is 16.0 Å². The molecule has 0 aliphatic carbocycles. The number of piperidine rings is 1. The molecule has 2 rings (SSSR count). The lowest BCUT2D eigenvalue weighted by atomic mass is 10.0. The highest BCUT2D eigenvalue weighted by Crippen LogP contribution is 2.19. The van der Waals surface area contributed by atoms with E-state index in [0.29, 0.717) is 12.1 Å². The predicted molar refractivity (Wildman–Crippen MR) is 75.3 cm³/mol. The first-order chi connectivity index (χ1) is 8.16. The Hall–Kier alpha value is -0.580. The summed E-state index contributed by atoms with van der Waals surface area (Å²) in [5.74, 6) is 0. The Morgan fingerprint density at radius 1 is 1.47 bits per heavy atom. The topological polar surface area (TPSA) is 41.3 Å². The van der Waals surface area contributed by atoms with E-state index in [0.717, 1.165) is 12.2 Å². The minimum Gasteiger partial charge on any atom is -0.398 e. The van der Waals surface area contributed by atoms with Crippen molar-refractivity contribution in [2.75, 3.05) is 18.8 Å². The molecule has 0 saturated carbocycles. The summed E-state index contributed by atoms with van der Waals surface area (Å²) < 4.78 is 0. The highest BCUT2D eigenvalue weighted by Gasteiger charge is 2.20. The van der Waals surface area contributed by atoms with Crippen molar-refractivity contribution in [2.24, 2.45) is 0 Å². The van der Waals surface area contributed by atoms with Gasteiger partial charge in [0, 0.05) is 29.2 Å². The minimum absolute atomic E-state index is 0.659. The normalized spacial score (nSPS) is 19.0. The molecule has 3 N–H and O–H groups in total. The van der Waals surface area contributed by atoms with Gasteiger partial charge in [-0.05, 0) is 51.2 Å². The van der Waals surface area contributed by atoms with Crippen LogP contribution in [0.5, 0.6) is 0 Å². The summed E-state index contributed by atoms with van der Waals surface area (Å²) in [5, 5.41) is 5.69. The maximum atomic E-state index is 5.88. The van der Waals surface area contributed by atoms with E-state index in [1.54, 1.807) is 11.3 Å².